The molecule has 0 amide bonds. The van der Waals surface area contributed by atoms with Crippen LogP contribution in [0.2, 0.25) is 0 Å². The molecule has 0 spiro atoms. The molecule has 0 bridgehead atoms. The number of likely N-dealkylation sites (tertiary alicyclic amines) is 1. The van der Waals surface area contributed by atoms with Gasteiger partial charge in [-0.3, -0.25) is 9.67 Å². The van der Waals surface area contributed by atoms with Crippen LogP contribution in [0, 0.1) is 0 Å². The molecule has 0 saturated carbocycles. The largest absolute Gasteiger partial charge is 0.393 e. The average molecular weight is 464 g/mol. The van der Waals surface area contributed by atoms with E-state index < -0.39 is 0 Å². The summed E-state index contributed by atoms with van der Waals surface area (Å²) in [6.07, 6.45) is 7.59. The van der Waals surface area contributed by atoms with E-state index in [9.17, 15) is 5.11 Å². The maximum Gasteiger partial charge on any atom is 0.191 e. The molecule has 25 heavy (non-hydrogen) atoms. The summed E-state index contributed by atoms with van der Waals surface area (Å²) in [5.74, 6) is 0.895. The summed E-state index contributed by atoms with van der Waals surface area (Å²) in [7, 11) is 0. The Morgan fingerprint density at radius 2 is 2.04 bits per heavy atom. The topological polar surface area (TPSA) is 77.7 Å². The number of hydrogen-bond acceptors (Lipinski definition) is 4. The Hall–Kier alpha value is -0.870. The van der Waals surface area contributed by atoms with Gasteiger partial charge in [-0.05, 0) is 45.2 Å². The van der Waals surface area contributed by atoms with E-state index in [4.69, 9.17) is 0 Å². The number of halogens is 1. The molecule has 0 aliphatic carbocycles. The zero-order chi connectivity index (χ0) is 17.0. The molecule has 1 aliphatic heterocycles. The van der Waals surface area contributed by atoms with E-state index in [2.05, 4.69) is 32.5 Å². The minimum atomic E-state index is -0.0893. The zero-order valence-electron chi connectivity index (χ0n) is 15.2. The first kappa shape index (κ1) is 22.2. The van der Waals surface area contributed by atoms with Gasteiger partial charge in [0, 0.05) is 51.7 Å². The summed E-state index contributed by atoms with van der Waals surface area (Å²) >= 11 is 0. The van der Waals surface area contributed by atoms with Crippen LogP contribution in [0.3, 0.4) is 0 Å². The highest BCUT2D eigenvalue weighted by molar-refractivity contribution is 14.0. The van der Waals surface area contributed by atoms with Crippen molar-refractivity contribution in [2.24, 2.45) is 4.99 Å². The second-order valence-corrected chi connectivity index (χ2v) is 6.24. The van der Waals surface area contributed by atoms with E-state index in [1.807, 2.05) is 16.9 Å². The van der Waals surface area contributed by atoms with Crippen LogP contribution in [0.15, 0.2) is 23.5 Å². The smallest absolute Gasteiger partial charge is 0.191 e. The van der Waals surface area contributed by atoms with Crippen LogP contribution >= 0.6 is 24.0 Å². The lowest BCUT2D eigenvalue weighted by Crippen LogP contribution is -2.40. The number of guanidine groups is 1. The van der Waals surface area contributed by atoms with Crippen LogP contribution in [-0.2, 0) is 6.54 Å². The number of piperidine rings is 1. The lowest BCUT2D eigenvalue weighted by molar-refractivity contribution is 0.0823. The van der Waals surface area contributed by atoms with Gasteiger partial charge in [0.1, 0.15) is 0 Å². The van der Waals surface area contributed by atoms with Gasteiger partial charge in [0.2, 0.25) is 0 Å². The van der Waals surface area contributed by atoms with Crippen LogP contribution < -0.4 is 10.6 Å². The molecule has 1 aliphatic rings. The number of aliphatic hydroxyl groups is 1. The summed E-state index contributed by atoms with van der Waals surface area (Å²) < 4.78 is 1.94. The molecule has 2 heterocycles. The fourth-order valence-electron chi connectivity index (χ4n) is 2.85. The fourth-order valence-corrected chi connectivity index (χ4v) is 2.85. The Labute approximate surface area is 168 Å². The number of aromatic nitrogens is 2. The molecule has 0 unspecified atom stereocenters. The SMILES string of the molecule is CCNC(=NCCCn1cccn1)NCCCN1CCC(O)CC1.I. The van der Waals surface area contributed by atoms with Crippen LogP contribution in [0.25, 0.3) is 0 Å². The Bertz CT molecular complexity index is 460. The minimum Gasteiger partial charge on any atom is -0.393 e. The third-order valence-electron chi connectivity index (χ3n) is 4.22. The first-order chi connectivity index (χ1) is 11.8. The van der Waals surface area contributed by atoms with Crippen molar-refractivity contribution in [3.05, 3.63) is 18.5 Å². The summed E-state index contributed by atoms with van der Waals surface area (Å²) in [5.41, 5.74) is 0. The minimum absolute atomic E-state index is 0. The van der Waals surface area contributed by atoms with E-state index in [0.717, 1.165) is 77.5 Å². The summed E-state index contributed by atoms with van der Waals surface area (Å²) in [4.78, 5) is 7.05. The molecule has 3 N–H and O–H groups in total. The second kappa shape index (κ2) is 13.3. The van der Waals surface area contributed by atoms with Crippen LogP contribution in [0.1, 0.15) is 32.6 Å². The number of hydrogen-bond donors (Lipinski definition) is 3. The Balaban J connectivity index is 0.00000312. The zero-order valence-corrected chi connectivity index (χ0v) is 17.6. The van der Waals surface area contributed by atoms with Gasteiger partial charge in [0.15, 0.2) is 5.96 Å². The molecule has 7 nitrogen and oxygen atoms in total. The van der Waals surface area contributed by atoms with Gasteiger partial charge < -0.3 is 20.6 Å². The number of aryl methyl sites for hydroxylation is 1. The van der Waals surface area contributed by atoms with E-state index in [0.29, 0.717) is 0 Å². The van der Waals surface area contributed by atoms with E-state index in [1.165, 1.54) is 0 Å². The normalized spacial score (nSPS) is 16.5. The number of nitrogens with one attached hydrogen (secondary N) is 2. The van der Waals surface area contributed by atoms with Gasteiger partial charge in [-0.25, -0.2) is 0 Å². The predicted octanol–water partition coefficient (Wildman–Crippen LogP) is 1.29. The summed E-state index contributed by atoms with van der Waals surface area (Å²) in [6.45, 7) is 8.68. The second-order valence-electron chi connectivity index (χ2n) is 6.24. The van der Waals surface area contributed by atoms with Crippen molar-refractivity contribution in [1.82, 2.24) is 25.3 Å². The van der Waals surface area contributed by atoms with E-state index in [1.54, 1.807) is 6.20 Å². The first-order valence-electron chi connectivity index (χ1n) is 9.18. The van der Waals surface area contributed by atoms with Crippen molar-refractivity contribution in [3.63, 3.8) is 0 Å². The standard InChI is InChI=1S/C17H32N6O.HI/c1-2-18-17(20-9-4-12-23-13-5-10-21-23)19-8-3-11-22-14-6-16(24)7-15-22;/h5,10,13,16,24H,2-4,6-9,11-12,14-15H2,1H3,(H2,18,19,20);1H. The lowest BCUT2D eigenvalue weighted by atomic mass is 10.1. The van der Waals surface area contributed by atoms with E-state index >= 15 is 0 Å². The average Bonchev–Trinajstić information content (AvgIpc) is 3.10. The molecule has 0 radical (unpaired) electrons. The number of aliphatic hydroxyl groups excluding tert-OH is 1. The van der Waals surface area contributed by atoms with Crippen molar-refractivity contribution < 1.29 is 5.11 Å². The summed E-state index contributed by atoms with van der Waals surface area (Å²) in [5, 5.41) is 20.4. The molecule has 144 valence electrons. The number of rotatable bonds is 9. The summed E-state index contributed by atoms with van der Waals surface area (Å²) in [6, 6.07) is 1.94. The molecule has 1 aromatic rings. The third kappa shape index (κ3) is 9.41. The molecule has 0 atom stereocenters. The fraction of sp³-hybridized carbons (Fsp3) is 0.765. The van der Waals surface area contributed by atoms with Gasteiger partial charge in [-0.1, -0.05) is 0 Å². The van der Waals surface area contributed by atoms with Gasteiger partial charge in [-0.2, -0.15) is 5.10 Å². The molecule has 0 aromatic carbocycles. The highest BCUT2D eigenvalue weighted by Gasteiger charge is 2.15. The number of aliphatic imine (C=N–C) groups is 1. The van der Waals surface area contributed by atoms with Gasteiger partial charge >= 0.3 is 0 Å². The maximum atomic E-state index is 9.53. The molecule has 1 fully saturated rings. The Morgan fingerprint density at radius 3 is 2.72 bits per heavy atom. The Kier molecular flexibility index (Phi) is 11.8. The quantitative estimate of drug-likeness (QED) is 0.222. The predicted molar refractivity (Wildman–Crippen MR) is 113 cm³/mol. The third-order valence-corrected chi connectivity index (χ3v) is 4.22. The van der Waals surface area contributed by atoms with Crippen LogP contribution in [0.4, 0.5) is 0 Å². The Morgan fingerprint density at radius 1 is 1.24 bits per heavy atom. The van der Waals surface area contributed by atoms with Crippen molar-refractivity contribution >= 4 is 29.9 Å². The maximum absolute atomic E-state index is 9.53. The van der Waals surface area contributed by atoms with E-state index in [-0.39, 0.29) is 30.1 Å². The van der Waals surface area contributed by atoms with Gasteiger partial charge in [-0.15, -0.1) is 24.0 Å². The highest BCUT2D eigenvalue weighted by atomic mass is 127. The van der Waals surface area contributed by atoms with Crippen molar-refractivity contribution in [3.8, 4) is 0 Å². The molecular formula is C17H33IN6O. The monoisotopic (exact) mass is 464 g/mol. The molecule has 1 saturated heterocycles. The highest BCUT2D eigenvalue weighted by Crippen LogP contribution is 2.09. The van der Waals surface area contributed by atoms with Crippen molar-refractivity contribution in [1.29, 1.82) is 0 Å². The molecule has 8 heteroatoms. The van der Waals surface area contributed by atoms with Gasteiger partial charge in [0.05, 0.1) is 6.10 Å². The molecule has 2 rings (SSSR count). The van der Waals surface area contributed by atoms with Gasteiger partial charge in [0.25, 0.3) is 0 Å². The van der Waals surface area contributed by atoms with Crippen LogP contribution in [-0.4, -0.2) is 71.1 Å². The molecule has 1 aromatic heterocycles. The van der Waals surface area contributed by atoms with Crippen molar-refractivity contribution in [2.75, 3.05) is 39.3 Å². The van der Waals surface area contributed by atoms with Crippen LogP contribution in [0.5, 0.6) is 0 Å². The number of nitrogens with zero attached hydrogens (tertiary/aromatic N) is 4. The molecular weight excluding hydrogens is 431 g/mol. The van der Waals surface area contributed by atoms with Crippen molar-refractivity contribution in [2.45, 2.75) is 45.3 Å². The first-order valence-corrected chi connectivity index (χ1v) is 9.18. The lowest BCUT2D eigenvalue weighted by Gasteiger charge is -2.29.